The lowest BCUT2D eigenvalue weighted by Crippen LogP contribution is -2.45. The lowest BCUT2D eigenvalue weighted by molar-refractivity contribution is -0.143. The summed E-state index contributed by atoms with van der Waals surface area (Å²) in [6.45, 7) is 4.82. The highest BCUT2D eigenvalue weighted by molar-refractivity contribution is 5.76. The van der Waals surface area contributed by atoms with E-state index in [2.05, 4.69) is 31.3 Å². The number of esters is 1. The molecule has 59 heavy (non-hydrogen) atoms. The minimum Gasteiger partial charge on any atom is -0.466 e. The average molecular weight is 832 g/mol. The number of amides is 1. The number of rotatable bonds is 48. The third-order valence-electron chi connectivity index (χ3n) is 12.0. The van der Waals surface area contributed by atoms with Crippen molar-refractivity contribution in [2.45, 2.75) is 289 Å². The minimum atomic E-state index is -0.874. The van der Waals surface area contributed by atoms with Gasteiger partial charge in [0.15, 0.2) is 0 Å². The Morgan fingerprint density at radius 1 is 0.458 bits per heavy atom. The Bertz CT molecular complexity index is 920. The van der Waals surface area contributed by atoms with E-state index in [0.29, 0.717) is 19.4 Å². The van der Waals surface area contributed by atoms with Gasteiger partial charge in [-0.05, 0) is 51.4 Å². The first-order valence-corrected chi connectivity index (χ1v) is 26.1. The number of hydrogen-bond donors (Lipinski definition) is 3. The van der Waals surface area contributed by atoms with Gasteiger partial charge in [-0.3, -0.25) is 9.59 Å². The number of carbonyl (C=O) groups is 2. The van der Waals surface area contributed by atoms with Crippen LogP contribution in [0.5, 0.6) is 0 Å². The number of allylic oxidation sites excluding steroid dienone is 3. The summed E-state index contributed by atoms with van der Waals surface area (Å²) in [7, 11) is 0. The van der Waals surface area contributed by atoms with E-state index >= 15 is 0 Å². The Kier molecular flexibility index (Phi) is 47.6. The molecule has 2 atom stereocenters. The number of nitrogens with one attached hydrogen (secondary N) is 1. The Hall–Kier alpha value is -1.66. The summed E-state index contributed by atoms with van der Waals surface area (Å²) in [4.78, 5) is 24.5. The molecule has 0 aliphatic carbocycles. The fourth-order valence-corrected chi connectivity index (χ4v) is 7.93. The number of aliphatic hydroxyl groups excluding tert-OH is 2. The molecule has 3 N–H and O–H groups in total. The van der Waals surface area contributed by atoms with Gasteiger partial charge < -0.3 is 20.3 Å². The van der Waals surface area contributed by atoms with Crippen molar-refractivity contribution in [3.63, 3.8) is 0 Å². The predicted octanol–water partition coefficient (Wildman–Crippen LogP) is 15.5. The smallest absolute Gasteiger partial charge is 0.305 e. The van der Waals surface area contributed by atoms with Crippen molar-refractivity contribution in [3.8, 4) is 0 Å². The predicted molar refractivity (Wildman–Crippen MR) is 255 cm³/mol. The molecule has 0 rings (SSSR count). The fourth-order valence-electron chi connectivity index (χ4n) is 7.93. The third kappa shape index (κ3) is 45.7. The van der Waals surface area contributed by atoms with Gasteiger partial charge in [0.1, 0.15) is 0 Å². The van der Waals surface area contributed by atoms with Gasteiger partial charge in [0.25, 0.3) is 0 Å². The average Bonchev–Trinajstić information content (AvgIpc) is 3.24. The van der Waals surface area contributed by atoms with E-state index in [0.717, 1.165) is 70.6 Å². The maximum Gasteiger partial charge on any atom is 0.305 e. The number of hydrogen-bond acceptors (Lipinski definition) is 5. The van der Waals surface area contributed by atoms with E-state index in [4.69, 9.17) is 4.74 Å². The summed E-state index contributed by atoms with van der Waals surface area (Å²) >= 11 is 0. The summed E-state index contributed by atoms with van der Waals surface area (Å²) < 4.78 is 5.45. The summed E-state index contributed by atoms with van der Waals surface area (Å²) in [6, 6.07) is -0.664. The molecule has 0 aromatic rings. The molecule has 0 bridgehead atoms. The molecule has 0 aromatic heterocycles. The van der Waals surface area contributed by atoms with Crippen LogP contribution < -0.4 is 5.32 Å². The topological polar surface area (TPSA) is 95.9 Å². The van der Waals surface area contributed by atoms with Crippen molar-refractivity contribution < 1.29 is 24.5 Å². The van der Waals surface area contributed by atoms with E-state index in [1.165, 1.54) is 180 Å². The Morgan fingerprint density at radius 3 is 1.24 bits per heavy atom. The summed E-state index contributed by atoms with van der Waals surface area (Å²) in [5, 5.41) is 23.0. The highest BCUT2D eigenvalue weighted by Gasteiger charge is 2.17. The van der Waals surface area contributed by atoms with Gasteiger partial charge in [0.05, 0.1) is 25.4 Å². The zero-order valence-corrected chi connectivity index (χ0v) is 39.5. The van der Waals surface area contributed by atoms with Gasteiger partial charge in [-0.15, -0.1) is 0 Å². The van der Waals surface area contributed by atoms with Gasteiger partial charge in [-0.25, -0.2) is 0 Å². The van der Waals surface area contributed by atoms with Crippen molar-refractivity contribution in [3.05, 3.63) is 24.3 Å². The van der Waals surface area contributed by atoms with Crippen LogP contribution in [0.25, 0.3) is 0 Å². The lowest BCUT2D eigenvalue weighted by atomic mass is 10.0. The number of aliphatic hydroxyl groups is 2. The lowest BCUT2D eigenvalue weighted by Gasteiger charge is -2.19. The second-order valence-electron chi connectivity index (χ2n) is 17.9. The SMILES string of the molecule is CCCCCCCCCCCCCCC/C=C/C(O)C(CO)NC(=O)CCC/C=C\CCCCCCOC(=O)CCCCCCCCCCCCCCCCCCCC. The van der Waals surface area contributed by atoms with E-state index in [1.807, 2.05) is 6.08 Å². The van der Waals surface area contributed by atoms with Crippen LogP contribution >= 0.6 is 0 Å². The molecule has 0 saturated carbocycles. The highest BCUT2D eigenvalue weighted by Crippen LogP contribution is 2.16. The zero-order valence-electron chi connectivity index (χ0n) is 39.5. The van der Waals surface area contributed by atoms with Crippen LogP contribution in [0.4, 0.5) is 0 Å². The first-order valence-electron chi connectivity index (χ1n) is 26.1. The molecule has 348 valence electrons. The maximum absolute atomic E-state index is 12.4. The summed E-state index contributed by atoms with van der Waals surface area (Å²) in [5.74, 6) is -0.161. The fraction of sp³-hybridized carbons (Fsp3) is 0.887. The van der Waals surface area contributed by atoms with Crippen LogP contribution in [-0.4, -0.2) is 47.4 Å². The van der Waals surface area contributed by atoms with E-state index in [9.17, 15) is 19.8 Å². The summed E-state index contributed by atoms with van der Waals surface area (Å²) in [5.41, 5.74) is 0. The normalized spacial score (nSPS) is 12.8. The van der Waals surface area contributed by atoms with Crippen LogP contribution in [0.15, 0.2) is 24.3 Å². The van der Waals surface area contributed by atoms with Crippen molar-refractivity contribution in [2.75, 3.05) is 13.2 Å². The minimum absolute atomic E-state index is 0.0339. The molecule has 0 aliphatic heterocycles. The quantitative estimate of drug-likeness (QED) is 0.0322. The number of ether oxygens (including phenoxy) is 1. The van der Waals surface area contributed by atoms with Crippen LogP contribution in [0, 0.1) is 0 Å². The largest absolute Gasteiger partial charge is 0.466 e. The Balaban J connectivity index is 3.54. The summed E-state index contributed by atoms with van der Waals surface area (Å²) in [6.07, 6.45) is 57.6. The van der Waals surface area contributed by atoms with E-state index in [-0.39, 0.29) is 18.5 Å². The molecular weight excluding hydrogens is 731 g/mol. The monoisotopic (exact) mass is 832 g/mol. The molecule has 2 unspecified atom stereocenters. The molecule has 0 radical (unpaired) electrons. The van der Waals surface area contributed by atoms with Crippen LogP contribution in [0.1, 0.15) is 277 Å². The van der Waals surface area contributed by atoms with Gasteiger partial charge in [-0.1, -0.05) is 237 Å². The standard InChI is InChI=1S/C53H101NO5/c1-3-5-7-9-11-13-15-17-19-20-21-23-25-27-31-35-39-43-47-53(58)59-48-44-40-36-32-28-30-34-38-42-46-52(57)54-50(49-55)51(56)45-41-37-33-29-26-24-22-18-16-14-12-10-8-6-4-2/h30,34,41,45,50-51,55-56H,3-29,31-33,35-40,42-44,46-49H2,1-2H3,(H,54,57)/b34-30-,45-41+. The van der Waals surface area contributed by atoms with E-state index < -0.39 is 12.1 Å². The molecule has 0 aliphatic rings. The number of carbonyl (C=O) groups excluding carboxylic acids is 2. The zero-order chi connectivity index (χ0) is 43.0. The molecule has 6 nitrogen and oxygen atoms in total. The van der Waals surface area contributed by atoms with Gasteiger partial charge >= 0.3 is 5.97 Å². The van der Waals surface area contributed by atoms with Crippen LogP contribution in [-0.2, 0) is 14.3 Å². The first-order chi connectivity index (χ1) is 29.0. The van der Waals surface area contributed by atoms with Crippen LogP contribution in [0.3, 0.4) is 0 Å². The molecule has 1 amide bonds. The second-order valence-corrected chi connectivity index (χ2v) is 17.9. The molecule has 0 fully saturated rings. The van der Waals surface area contributed by atoms with E-state index in [1.54, 1.807) is 6.08 Å². The molecule has 0 spiro atoms. The molecule has 0 heterocycles. The second kappa shape index (κ2) is 49.0. The molecular formula is C53H101NO5. The molecule has 0 saturated heterocycles. The van der Waals surface area contributed by atoms with Gasteiger partial charge in [0.2, 0.25) is 5.91 Å². The molecule has 6 heteroatoms. The van der Waals surface area contributed by atoms with Gasteiger partial charge in [-0.2, -0.15) is 0 Å². The Labute approximate surface area is 367 Å². The molecule has 0 aromatic carbocycles. The number of unbranched alkanes of at least 4 members (excludes halogenated alkanes) is 35. The maximum atomic E-state index is 12.4. The van der Waals surface area contributed by atoms with Gasteiger partial charge in [0, 0.05) is 12.8 Å². The Morgan fingerprint density at radius 2 is 0.814 bits per heavy atom. The van der Waals surface area contributed by atoms with Crippen molar-refractivity contribution in [1.29, 1.82) is 0 Å². The van der Waals surface area contributed by atoms with Crippen molar-refractivity contribution >= 4 is 11.9 Å². The third-order valence-corrected chi connectivity index (χ3v) is 12.0. The van der Waals surface area contributed by atoms with Crippen LogP contribution in [0.2, 0.25) is 0 Å². The highest BCUT2D eigenvalue weighted by atomic mass is 16.5. The first kappa shape index (κ1) is 57.3. The van der Waals surface area contributed by atoms with Crippen molar-refractivity contribution in [1.82, 2.24) is 5.32 Å². The van der Waals surface area contributed by atoms with Crippen molar-refractivity contribution in [2.24, 2.45) is 0 Å².